The van der Waals surface area contributed by atoms with Gasteiger partial charge in [-0.3, -0.25) is 0 Å². The molecule has 6 heteroatoms. The molecule has 2 heterocycles. The Hall–Kier alpha value is -0.200. The van der Waals surface area contributed by atoms with E-state index in [0.29, 0.717) is 10.5 Å². The van der Waals surface area contributed by atoms with Crippen LogP contribution in [-0.2, 0) is 6.42 Å². The highest BCUT2D eigenvalue weighted by atomic mass is 32.2. The van der Waals surface area contributed by atoms with E-state index in [2.05, 4.69) is 17.1 Å². The molecule has 1 aromatic rings. The van der Waals surface area contributed by atoms with Crippen molar-refractivity contribution in [3.63, 3.8) is 0 Å². The van der Waals surface area contributed by atoms with Gasteiger partial charge in [-0.1, -0.05) is 12.1 Å². The highest BCUT2D eigenvalue weighted by Crippen LogP contribution is 2.41. The Bertz CT molecular complexity index is 356. The van der Waals surface area contributed by atoms with Gasteiger partial charge in [0.2, 0.25) is 5.89 Å². The van der Waals surface area contributed by atoms with Crippen LogP contribution in [0.2, 0.25) is 0 Å². The second kappa shape index (κ2) is 6.11. The van der Waals surface area contributed by atoms with Crippen LogP contribution in [0.15, 0.2) is 4.52 Å². The van der Waals surface area contributed by atoms with E-state index in [9.17, 15) is 0 Å². The third kappa shape index (κ3) is 3.63. The summed E-state index contributed by atoms with van der Waals surface area (Å²) in [5.41, 5.74) is 5.71. The number of nitrogens with two attached hydrogens (primary N) is 1. The Morgan fingerprint density at radius 1 is 1.47 bits per heavy atom. The summed E-state index contributed by atoms with van der Waals surface area (Å²) >= 11 is 3.92. The Balaban J connectivity index is 1.97. The van der Waals surface area contributed by atoms with Gasteiger partial charge < -0.3 is 10.3 Å². The summed E-state index contributed by atoms with van der Waals surface area (Å²) in [7, 11) is 0. The predicted octanol–water partition coefficient (Wildman–Crippen LogP) is 2.26. The van der Waals surface area contributed by atoms with E-state index in [1.807, 2.05) is 30.4 Å². The second-order valence-electron chi connectivity index (χ2n) is 4.43. The smallest absolute Gasteiger partial charge is 0.226 e. The van der Waals surface area contributed by atoms with Crippen molar-refractivity contribution in [3.05, 3.63) is 11.7 Å². The lowest BCUT2D eigenvalue weighted by Crippen LogP contribution is -2.17. The highest BCUT2D eigenvalue weighted by molar-refractivity contribution is 8.06. The van der Waals surface area contributed by atoms with E-state index >= 15 is 0 Å². The molecule has 1 fully saturated rings. The minimum absolute atomic E-state index is 0.184. The predicted molar refractivity (Wildman–Crippen MR) is 73.4 cm³/mol. The first kappa shape index (κ1) is 13.2. The molecule has 0 saturated carbocycles. The molecule has 1 aliphatic heterocycles. The van der Waals surface area contributed by atoms with Crippen LogP contribution in [0.5, 0.6) is 0 Å². The van der Waals surface area contributed by atoms with E-state index < -0.39 is 0 Å². The van der Waals surface area contributed by atoms with Gasteiger partial charge in [0.05, 0.1) is 5.25 Å². The van der Waals surface area contributed by atoms with Crippen LogP contribution in [0, 0.1) is 0 Å². The van der Waals surface area contributed by atoms with Crippen LogP contribution in [0.25, 0.3) is 0 Å². The number of rotatable bonds is 4. The highest BCUT2D eigenvalue weighted by Gasteiger charge is 2.28. The molecule has 0 amide bonds. The van der Waals surface area contributed by atoms with Crippen LogP contribution < -0.4 is 5.73 Å². The molecule has 1 aromatic heterocycles. The van der Waals surface area contributed by atoms with Crippen LogP contribution in [0.3, 0.4) is 0 Å². The lowest BCUT2D eigenvalue weighted by atomic mass is 10.2. The molecule has 0 aromatic carbocycles. The summed E-state index contributed by atoms with van der Waals surface area (Å²) in [5.74, 6) is 3.97. The van der Waals surface area contributed by atoms with Gasteiger partial charge >= 0.3 is 0 Å². The molecule has 3 atom stereocenters. The molecule has 3 unspecified atom stereocenters. The fraction of sp³-hybridized carbons (Fsp3) is 0.818. The first-order valence-corrected chi connectivity index (χ1v) is 8.08. The zero-order chi connectivity index (χ0) is 12.3. The lowest BCUT2D eigenvalue weighted by Gasteiger charge is -2.24. The second-order valence-corrected chi connectivity index (χ2v) is 7.16. The lowest BCUT2D eigenvalue weighted by molar-refractivity contribution is 0.367. The van der Waals surface area contributed by atoms with Crippen molar-refractivity contribution in [1.82, 2.24) is 10.1 Å². The Morgan fingerprint density at radius 3 is 2.94 bits per heavy atom. The van der Waals surface area contributed by atoms with Gasteiger partial charge in [-0.25, -0.2) is 0 Å². The minimum atomic E-state index is 0.184. The summed E-state index contributed by atoms with van der Waals surface area (Å²) in [6.45, 7) is 4.23. The van der Waals surface area contributed by atoms with Crippen molar-refractivity contribution < 1.29 is 4.52 Å². The average Bonchev–Trinajstić information content (AvgIpc) is 2.75. The molecule has 1 saturated heterocycles. The van der Waals surface area contributed by atoms with Gasteiger partial charge in [-0.05, 0) is 13.3 Å². The number of aromatic nitrogens is 2. The van der Waals surface area contributed by atoms with E-state index in [1.54, 1.807) is 0 Å². The van der Waals surface area contributed by atoms with Crippen LogP contribution in [0.1, 0.15) is 37.2 Å². The number of nitrogens with zero attached hydrogens (tertiary/aromatic N) is 2. The number of aryl methyl sites for hydroxylation is 1. The fourth-order valence-corrected chi connectivity index (χ4v) is 4.43. The normalized spacial score (nSPS) is 27.0. The Morgan fingerprint density at radius 2 is 2.24 bits per heavy atom. The fourth-order valence-electron chi connectivity index (χ4n) is 1.75. The molecular weight excluding hydrogens is 254 g/mol. The van der Waals surface area contributed by atoms with Gasteiger partial charge in [0, 0.05) is 29.2 Å². The summed E-state index contributed by atoms with van der Waals surface area (Å²) in [5, 5.41) is 5.05. The maximum atomic E-state index is 5.71. The van der Waals surface area contributed by atoms with Crippen molar-refractivity contribution in [2.75, 3.05) is 11.5 Å². The van der Waals surface area contributed by atoms with Gasteiger partial charge in [0.15, 0.2) is 5.82 Å². The summed E-state index contributed by atoms with van der Waals surface area (Å²) in [6, 6.07) is 0.184. The molecule has 1 aliphatic rings. The van der Waals surface area contributed by atoms with Crippen LogP contribution in [-0.4, -0.2) is 32.9 Å². The van der Waals surface area contributed by atoms with Gasteiger partial charge in [-0.15, -0.1) is 11.8 Å². The first-order chi connectivity index (χ1) is 8.16. The summed E-state index contributed by atoms with van der Waals surface area (Å²) < 4.78 is 5.28. The first-order valence-electron chi connectivity index (χ1n) is 5.98. The third-order valence-electron chi connectivity index (χ3n) is 2.74. The molecule has 0 bridgehead atoms. The standard InChI is InChI=1S/C11H19N3OS2/c1-7(12)3-4-9-13-11(14-15-9)10-8(2)16-5-6-17-10/h7-8,10H,3-6,12H2,1-2H3. The van der Waals surface area contributed by atoms with Crippen molar-refractivity contribution >= 4 is 23.5 Å². The number of hydrogen-bond donors (Lipinski definition) is 1. The molecule has 2 rings (SSSR count). The van der Waals surface area contributed by atoms with E-state index in [1.165, 1.54) is 11.5 Å². The third-order valence-corrected chi connectivity index (χ3v) is 5.83. The number of hydrogen-bond acceptors (Lipinski definition) is 6. The molecule has 17 heavy (non-hydrogen) atoms. The Kier molecular flexibility index (Phi) is 4.76. The van der Waals surface area contributed by atoms with Crippen molar-refractivity contribution in [1.29, 1.82) is 0 Å². The molecule has 0 aliphatic carbocycles. The molecule has 0 spiro atoms. The quantitative estimate of drug-likeness (QED) is 0.908. The number of thioether (sulfide) groups is 2. The minimum Gasteiger partial charge on any atom is -0.339 e. The van der Waals surface area contributed by atoms with Crippen LogP contribution >= 0.6 is 23.5 Å². The van der Waals surface area contributed by atoms with Crippen molar-refractivity contribution in [3.8, 4) is 0 Å². The monoisotopic (exact) mass is 273 g/mol. The molecule has 0 radical (unpaired) electrons. The van der Waals surface area contributed by atoms with Crippen molar-refractivity contribution in [2.24, 2.45) is 5.73 Å². The van der Waals surface area contributed by atoms with E-state index in [-0.39, 0.29) is 6.04 Å². The van der Waals surface area contributed by atoms with E-state index in [4.69, 9.17) is 10.3 Å². The maximum Gasteiger partial charge on any atom is 0.226 e. The molecule has 2 N–H and O–H groups in total. The molecule has 4 nitrogen and oxygen atoms in total. The molecular formula is C11H19N3OS2. The maximum absolute atomic E-state index is 5.71. The van der Waals surface area contributed by atoms with Crippen molar-refractivity contribution in [2.45, 2.75) is 43.2 Å². The largest absolute Gasteiger partial charge is 0.339 e. The van der Waals surface area contributed by atoms with E-state index in [0.717, 1.165) is 24.6 Å². The summed E-state index contributed by atoms with van der Waals surface area (Å²) in [4.78, 5) is 4.49. The molecule has 96 valence electrons. The Labute approximate surface area is 110 Å². The van der Waals surface area contributed by atoms with Gasteiger partial charge in [0.25, 0.3) is 0 Å². The zero-order valence-corrected chi connectivity index (χ0v) is 11.9. The topological polar surface area (TPSA) is 64.9 Å². The van der Waals surface area contributed by atoms with Crippen LogP contribution in [0.4, 0.5) is 0 Å². The summed E-state index contributed by atoms with van der Waals surface area (Å²) in [6.07, 6.45) is 1.67. The SMILES string of the molecule is CC(N)CCc1nc(C2SCCSC2C)no1. The van der Waals surface area contributed by atoms with Gasteiger partial charge in [0.1, 0.15) is 0 Å². The van der Waals surface area contributed by atoms with Gasteiger partial charge in [-0.2, -0.15) is 16.7 Å². The average molecular weight is 273 g/mol. The zero-order valence-electron chi connectivity index (χ0n) is 10.3.